The average molecular weight is 365 g/mol. The molecular formula is C14H10BrClF3N. The zero-order valence-electron chi connectivity index (χ0n) is 10.1. The van der Waals surface area contributed by atoms with Crippen LogP contribution in [0.4, 0.5) is 18.9 Å². The van der Waals surface area contributed by atoms with Crippen LogP contribution in [0.1, 0.15) is 11.1 Å². The Morgan fingerprint density at radius 2 is 1.80 bits per heavy atom. The van der Waals surface area contributed by atoms with Gasteiger partial charge in [0.15, 0.2) is 0 Å². The Balaban J connectivity index is 2.24. The van der Waals surface area contributed by atoms with Gasteiger partial charge in [-0.2, -0.15) is 13.2 Å². The maximum atomic E-state index is 12.9. The number of benzene rings is 2. The van der Waals surface area contributed by atoms with Crippen LogP contribution in [0.5, 0.6) is 0 Å². The van der Waals surface area contributed by atoms with Gasteiger partial charge < -0.3 is 5.32 Å². The van der Waals surface area contributed by atoms with E-state index >= 15 is 0 Å². The summed E-state index contributed by atoms with van der Waals surface area (Å²) in [5.41, 5.74) is 0.116. The molecular weight excluding hydrogens is 355 g/mol. The summed E-state index contributed by atoms with van der Waals surface area (Å²) in [6.07, 6.45) is -4.44. The third-order valence-electron chi connectivity index (χ3n) is 2.71. The van der Waals surface area contributed by atoms with E-state index in [1.54, 1.807) is 0 Å². The second-order valence-electron chi connectivity index (χ2n) is 4.13. The molecule has 0 aliphatic heterocycles. The minimum absolute atomic E-state index is 0.0117. The van der Waals surface area contributed by atoms with Crippen molar-refractivity contribution < 1.29 is 13.2 Å². The van der Waals surface area contributed by atoms with E-state index in [2.05, 4.69) is 21.2 Å². The van der Waals surface area contributed by atoms with Gasteiger partial charge in [-0.25, -0.2) is 0 Å². The smallest absolute Gasteiger partial charge is 0.380 e. The van der Waals surface area contributed by atoms with Gasteiger partial charge in [0.25, 0.3) is 0 Å². The Morgan fingerprint density at radius 1 is 1.10 bits per heavy atom. The fourth-order valence-corrected chi connectivity index (χ4v) is 2.33. The molecule has 1 N–H and O–H groups in total. The van der Waals surface area contributed by atoms with Crippen LogP contribution < -0.4 is 5.32 Å². The minimum Gasteiger partial charge on any atom is -0.380 e. The topological polar surface area (TPSA) is 12.0 Å². The first kappa shape index (κ1) is 15.2. The predicted molar refractivity (Wildman–Crippen MR) is 77.9 cm³/mol. The van der Waals surface area contributed by atoms with E-state index in [9.17, 15) is 13.2 Å². The number of rotatable bonds is 3. The molecule has 1 nitrogen and oxygen atoms in total. The first-order valence-corrected chi connectivity index (χ1v) is 6.89. The molecule has 20 heavy (non-hydrogen) atoms. The highest BCUT2D eigenvalue weighted by Gasteiger charge is 2.33. The lowest BCUT2D eigenvalue weighted by Crippen LogP contribution is -2.11. The average Bonchev–Trinajstić information content (AvgIpc) is 2.38. The number of hydrogen-bond acceptors (Lipinski definition) is 1. The molecule has 0 radical (unpaired) electrons. The van der Waals surface area contributed by atoms with E-state index < -0.39 is 11.7 Å². The molecule has 0 aliphatic carbocycles. The van der Waals surface area contributed by atoms with Crippen LogP contribution in [-0.2, 0) is 12.7 Å². The number of alkyl halides is 3. The van der Waals surface area contributed by atoms with E-state index in [4.69, 9.17) is 11.6 Å². The first-order chi connectivity index (χ1) is 9.38. The zero-order chi connectivity index (χ0) is 14.8. The van der Waals surface area contributed by atoms with Crippen molar-refractivity contribution in [3.63, 3.8) is 0 Å². The Bertz CT molecular complexity index is 614. The molecule has 0 unspecified atom stereocenters. The van der Waals surface area contributed by atoms with Crippen LogP contribution in [0.15, 0.2) is 46.9 Å². The highest BCUT2D eigenvalue weighted by Crippen LogP contribution is 2.36. The summed E-state index contributed by atoms with van der Waals surface area (Å²) >= 11 is 8.99. The number of hydrogen-bond donors (Lipinski definition) is 1. The highest BCUT2D eigenvalue weighted by molar-refractivity contribution is 9.10. The third kappa shape index (κ3) is 3.67. The quantitative estimate of drug-likeness (QED) is 0.733. The van der Waals surface area contributed by atoms with Crippen molar-refractivity contribution in [2.45, 2.75) is 12.7 Å². The summed E-state index contributed by atoms with van der Waals surface area (Å²) in [6.45, 7) is 0.284. The van der Waals surface area contributed by atoms with Gasteiger partial charge in [-0.1, -0.05) is 45.7 Å². The van der Waals surface area contributed by atoms with Crippen molar-refractivity contribution in [3.8, 4) is 0 Å². The molecule has 0 bridgehead atoms. The van der Waals surface area contributed by atoms with E-state index in [1.165, 1.54) is 12.1 Å². The van der Waals surface area contributed by atoms with Crippen LogP contribution in [-0.4, -0.2) is 0 Å². The lowest BCUT2D eigenvalue weighted by atomic mass is 10.1. The Kier molecular flexibility index (Phi) is 4.60. The molecule has 2 rings (SSSR count). The zero-order valence-corrected chi connectivity index (χ0v) is 12.5. The normalized spacial score (nSPS) is 11.4. The second kappa shape index (κ2) is 6.06. The van der Waals surface area contributed by atoms with Gasteiger partial charge in [-0.05, 0) is 29.8 Å². The lowest BCUT2D eigenvalue weighted by Gasteiger charge is -2.15. The fourth-order valence-electron chi connectivity index (χ4n) is 1.74. The molecule has 0 aliphatic rings. The van der Waals surface area contributed by atoms with Gasteiger partial charge in [0.05, 0.1) is 5.56 Å². The number of halogens is 5. The van der Waals surface area contributed by atoms with Crippen molar-refractivity contribution in [1.29, 1.82) is 0 Å². The lowest BCUT2D eigenvalue weighted by molar-refractivity contribution is -0.136. The molecule has 2 aromatic rings. The maximum absolute atomic E-state index is 12.9. The summed E-state index contributed by atoms with van der Waals surface area (Å²) in [7, 11) is 0. The van der Waals surface area contributed by atoms with Crippen molar-refractivity contribution in [3.05, 3.63) is 63.1 Å². The molecule has 0 spiro atoms. The van der Waals surface area contributed by atoms with Crippen LogP contribution in [0, 0.1) is 0 Å². The van der Waals surface area contributed by atoms with Gasteiger partial charge in [-0.15, -0.1) is 0 Å². The van der Waals surface area contributed by atoms with Gasteiger partial charge >= 0.3 is 6.18 Å². The molecule has 0 atom stereocenters. The monoisotopic (exact) mass is 363 g/mol. The summed E-state index contributed by atoms with van der Waals surface area (Å²) < 4.78 is 39.6. The van der Waals surface area contributed by atoms with Gasteiger partial charge in [0, 0.05) is 21.7 Å². The Hall–Kier alpha value is -1.20. The van der Waals surface area contributed by atoms with E-state index in [0.29, 0.717) is 0 Å². The molecule has 0 aromatic heterocycles. The van der Waals surface area contributed by atoms with Gasteiger partial charge in [0.2, 0.25) is 0 Å². The van der Waals surface area contributed by atoms with Crippen LogP contribution in [0.3, 0.4) is 0 Å². The Labute approximate surface area is 127 Å². The predicted octanol–water partition coefficient (Wildman–Crippen LogP) is 5.73. The molecule has 0 amide bonds. The van der Waals surface area contributed by atoms with Crippen molar-refractivity contribution >= 4 is 33.2 Å². The summed E-state index contributed by atoms with van der Waals surface area (Å²) in [5.74, 6) is 0. The first-order valence-electron chi connectivity index (χ1n) is 5.72. The third-order valence-corrected chi connectivity index (χ3v) is 3.72. The summed E-state index contributed by atoms with van der Waals surface area (Å²) in [6, 6.07) is 11.0. The van der Waals surface area contributed by atoms with Crippen LogP contribution in [0.2, 0.25) is 5.02 Å². The van der Waals surface area contributed by atoms with E-state index in [1.807, 2.05) is 24.3 Å². The molecule has 106 valence electrons. The van der Waals surface area contributed by atoms with Gasteiger partial charge in [-0.3, -0.25) is 0 Å². The SMILES string of the molecule is FC(F)(F)c1cc(Cl)ccc1NCc1ccccc1Br. The molecule has 0 saturated carbocycles. The van der Waals surface area contributed by atoms with Gasteiger partial charge in [0.1, 0.15) is 0 Å². The standard InChI is InChI=1S/C14H10BrClF3N/c15-12-4-2-1-3-9(12)8-20-13-6-5-10(16)7-11(13)14(17,18)19/h1-7,20H,8H2. The molecule has 0 saturated heterocycles. The van der Waals surface area contributed by atoms with Crippen molar-refractivity contribution in [2.24, 2.45) is 0 Å². The molecule has 0 fully saturated rings. The van der Waals surface area contributed by atoms with Crippen molar-refractivity contribution in [2.75, 3.05) is 5.32 Å². The van der Waals surface area contributed by atoms with Crippen LogP contribution in [0.25, 0.3) is 0 Å². The number of nitrogens with one attached hydrogen (secondary N) is 1. The molecule has 2 aromatic carbocycles. The summed E-state index contributed by atoms with van der Waals surface area (Å²) in [5, 5.41) is 2.85. The van der Waals surface area contributed by atoms with Crippen molar-refractivity contribution in [1.82, 2.24) is 0 Å². The Morgan fingerprint density at radius 3 is 2.45 bits per heavy atom. The van der Waals surface area contributed by atoms with E-state index in [0.717, 1.165) is 16.1 Å². The molecule has 6 heteroatoms. The summed E-state index contributed by atoms with van der Waals surface area (Å²) in [4.78, 5) is 0. The minimum atomic E-state index is -4.44. The largest absolute Gasteiger partial charge is 0.418 e. The second-order valence-corrected chi connectivity index (χ2v) is 5.42. The fraction of sp³-hybridized carbons (Fsp3) is 0.143. The highest BCUT2D eigenvalue weighted by atomic mass is 79.9. The van der Waals surface area contributed by atoms with Crippen LogP contribution >= 0.6 is 27.5 Å². The maximum Gasteiger partial charge on any atom is 0.418 e. The number of anilines is 1. The molecule has 0 heterocycles. The van der Waals surface area contributed by atoms with E-state index in [-0.39, 0.29) is 17.3 Å².